The first-order valence-electron chi connectivity index (χ1n) is 18.2. The van der Waals surface area contributed by atoms with E-state index in [0.717, 1.165) is 5.56 Å². The minimum absolute atomic E-state index is 0.640. The largest absolute Gasteiger partial charge is 0.326 e. The van der Waals surface area contributed by atoms with Crippen LogP contribution in [0.4, 0.5) is 0 Å². The quantitative estimate of drug-likeness (QED) is 0.166. The van der Waals surface area contributed by atoms with Crippen LogP contribution in [0.1, 0.15) is 16.7 Å². The molecule has 1 heterocycles. The monoisotopic (exact) mass is 714 g/mol. The van der Waals surface area contributed by atoms with Crippen LogP contribution in [0.2, 0.25) is 0 Å². The zero-order chi connectivity index (χ0) is 37.1. The highest BCUT2D eigenvalue weighted by molar-refractivity contribution is 7.25. The highest BCUT2D eigenvalue weighted by atomic mass is 32.1. The molecule has 54 heavy (non-hydrogen) atoms. The minimum Gasteiger partial charge on any atom is -0.326 e. The number of nitrogens with one attached hydrogen (secondary N) is 1. The maximum atomic E-state index is 7.74. The van der Waals surface area contributed by atoms with Crippen LogP contribution < -0.4 is 5.73 Å². The third-order valence-corrected chi connectivity index (χ3v) is 10.6. The van der Waals surface area contributed by atoms with E-state index in [-0.39, 0.29) is 0 Å². The zero-order valence-corrected chi connectivity index (χ0v) is 31.1. The van der Waals surface area contributed by atoms with E-state index in [0.29, 0.717) is 6.54 Å². The molecule has 9 rings (SSSR count). The molecule has 9 aromatic rings. The summed E-state index contributed by atoms with van der Waals surface area (Å²) in [4.78, 5) is 0. The van der Waals surface area contributed by atoms with Crippen LogP contribution in [0.15, 0.2) is 200 Å². The second kappa shape index (κ2) is 17.4. The average Bonchev–Trinajstić information content (AvgIpc) is 3.64. The van der Waals surface area contributed by atoms with Crippen LogP contribution >= 0.6 is 11.3 Å². The predicted molar refractivity (Wildman–Crippen MR) is 234 cm³/mol. The molecule has 0 radical (unpaired) electrons. The van der Waals surface area contributed by atoms with Gasteiger partial charge in [-0.15, -0.1) is 11.3 Å². The molecule has 0 aliphatic carbocycles. The number of rotatable bonds is 6. The summed E-state index contributed by atoms with van der Waals surface area (Å²) in [6.45, 7) is 2.77. The van der Waals surface area contributed by atoms with Crippen LogP contribution in [-0.4, -0.2) is 6.21 Å². The second-order valence-corrected chi connectivity index (χ2v) is 14.2. The van der Waals surface area contributed by atoms with Crippen molar-refractivity contribution in [2.24, 2.45) is 5.73 Å². The normalized spacial score (nSPS) is 10.6. The summed E-state index contributed by atoms with van der Waals surface area (Å²) >= 11 is 1.79. The van der Waals surface area contributed by atoms with Gasteiger partial charge in [-0.2, -0.15) is 0 Å². The number of hydrogen-bond donors (Lipinski definition) is 2. The Balaban J connectivity index is 0.000000144. The minimum atomic E-state index is 0.640. The Hall–Kier alpha value is -6.39. The molecule has 0 saturated heterocycles. The molecule has 0 spiro atoms. The summed E-state index contributed by atoms with van der Waals surface area (Å²) in [6, 6.07) is 69.9. The number of fused-ring (bicyclic) bond motifs is 3. The Bertz CT molecular complexity index is 2570. The molecule has 3 N–H and O–H groups in total. The maximum absolute atomic E-state index is 7.74. The lowest BCUT2D eigenvalue weighted by Gasteiger charge is -2.06. The Labute approximate surface area is 322 Å². The van der Waals surface area contributed by atoms with Crippen LogP contribution in [0, 0.1) is 12.3 Å². The van der Waals surface area contributed by atoms with Gasteiger partial charge in [0.05, 0.1) is 0 Å². The molecule has 0 saturated carbocycles. The van der Waals surface area contributed by atoms with Gasteiger partial charge >= 0.3 is 0 Å². The van der Waals surface area contributed by atoms with E-state index in [1.54, 1.807) is 11.3 Å². The highest BCUT2D eigenvalue weighted by Crippen LogP contribution is 2.38. The van der Waals surface area contributed by atoms with Crippen molar-refractivity contribution >= 4 is 37.7 Å². The third-order valence-electron chi connectivity index (χ3n) is 9.43. The van der Waals surface area contributed by atoms with Gasteiger partial charge in [0.15, 0.2) is 0 Å². The van der Waals surface area contributed by atoms with Crippen molar-refractivity contribution in [1.29, 1.82) is 5.41 Å². The van der Waals surface area contributed by atoms with Gasteiger partial charge in [0.1, 0.15) is 0 Å². The summed E-state index contributed by atoms with van der Waals surface area (Å²) in [5.74, 6) is 0. The Morgan fingerprint density at radius 2 is 0.889 bits per heavy atom. The van der Waals surface area contributed by atoms with E-state index < -0.39 is 0 Å². The predicted octanol–water partition coefficient (Wildman–Crippen LogP) is 13.9. The van der Waals surface area contributed by atoms with Gasteiger partial charge in [-0.1, -0.05) is 188 Å². The number of hydrogen-bond acceptors (Lipinski definition) is 3. The number of aryl methyl sites for hydroxylation is 1. The van der Waals surface area contributed by atoms with Crippen molar-refractivity contribution in [3.63, 3.8) is 0 Å². The molecule has 0 bridgehead atoms. The zero-order valence-electron chi connectivity index (χ0n) is 30.3. The van der Waals surface area contributed by atoms with E-state index in [4.69, 9.17) is 11.1 Å². The molecular formula is C51H42N2S. The molecule has 3 heteroatoms. The van der Waals surface area contributed by atoms with Gasteiger partial charge < -0.3 is 11.1 Å². The van der Waals surface area contributed by atoms with Crippen molar-refractivity contribution in [3.05, 3.63) is 217 Å². The smallest absolute Gasteiger partial charge is 0.0361 e. The van der Waals surface area contributed by atoms with Crippen LogP contribution in [-0.2, 0) is 6.54 Å². The first kappa shape index (κ1) is 36.0. The molecule has 2 nitrogen and oxygen atoms in total. The van der Waals surface area contributed by atoms with E-state index in [2.05, 4.69) is 153 Å². The summed E-state index contributed by atoms with van der Waals surface area (Å²) in [5.41, 5.74) is 18.8. The first-order chi connectivity index (χ1) is 26.6. The lowest BCUT2D eigenvalue weighted by Crippen LogP contribution is -1.94. The topological polar surface area (TPSA) is 49.9 Å². The number of nitrogens with two attached hydrogens (primary N) is 1. The summed E-state index contributed by atoms with van der Waals surface area (Å²) < 4.78 is 2.51. The summed E-state index contributed by atoms with van der Waals surface area (Å²) in [7, 11) is 0. The van der Waals surface area contributed by atoms with E-state index in [9.17, 15) is 0 Å². The Kier molecular flexibility index (Phi) is 11.6. The van der Waals surface area contributed by atoms with Crippen molar-refractivity contribution in [1.82, 2.24) is 0 Å². The van der Waals surface area contributed by atoms with Gasteiger partial charge in [0.2, 0.25) is 0 Å². The summed E-state index contributed by atoms with van der Waals surface area (Å²) in [6.07, 6.45) is 1.45. The standard InChI is InChI=1S/C25H17NS.C19H16.C7H9N/c26-16-21-7-4-8-24-25(21)22-15-20(13-14-23(22)27-24)19-11-9-18(10-12-19)17-5-2-1-3-6-17;1-15-6-5-9-19(14-15)18-12-10-17(11-13-18)16-7-3-2-4-8-16;8-6-7-4-2-1-3-5-7/h1-16,26H;2-14H,1H3;1-5H,6,8H2. The van der Waals surface area contributed by atoms with Crippen molar-refractivity contribution in [3.8, 4) is 44.5 Å². The molecule has 8 aromatic carbocycles. The average molecular weight is 715 g/mol. The fourth-order valence-electron chi connectivity index (χ4n) is 6.56. The fraction of sp³-hybridized carbons (Fsp3) is 0.0392. The molecule has 1 aromatic heterocycles. The molecule has 0 fully saturated rings. The van der Waals surface area contributed by atoms with Crippen molar-refractivity contribution in [2.45, 2.75) is 13.5 Å². The molecule has 0 amide bonds. The van der Waals surface area contributed by atoms with E-state index in [1.807, 2.05) is 54.6 Å². The lowest BCUT2D eigenvalue weighted by molar-refractivity contribution is 1.07. The number of benzene rings is 8. The Morgan fingerprint density at radius 1 is 0.444 bits per heavy atom. The molecule has 262 valence electrons. The molecule has 0 aliphatic heterocycles. The SMILES string of the molecule is Cc1cccc(-c2ccc(-c3ccccc3)cc2)c1.N=Cc1cccc2sc3ccc(-c4ccc(-c5ccccc5)cc4)cc3c12.NCc1ccccc1. The third kappa shape index (κ3) is 8.62. The highest BCUT2D eigenvalue weighted by Gasteiger charge is 2.10. The van der Waals surface area contributed by atoms with Gasteiger partial charge in [-0.05, 0) is 75.2 Å². The van der Waals surface area contributed by atoms with E-state index >= 15 is 0 Å². The fourth-order valence-corrected chi connectivity index (χ4v) is 7.68. The Morgan fingerprint density at radius 3 is 1.39 bits per heavy atom. The summed E-state index contributed by atoms with van der Waals surface area (Å²) in [5, 5.41) is 10.2. The molecule has 0 atom stereocenters. The number of thiophene rings is 1. The maximum Gasteiger partial charge on any atom is 0.0361 e. The van der Waals surface area contributed by atoms with Crippen molar-refractivity contribution < 1.29 is 0 Å². The lowest BCUT2D eigenvalue weighted by atomic mass is 9.98. The molecule has 0 aliphatic rings. The van der Waals surface area contributed by atoms with Gasteiger partial charge in [0, 0.05) is 38.5 Å². The van der Waals surface area contributed by atoms with Crippen LogP contribution in [0.25, 0.3) is 64.7 Å². The first-order valence-corrected chi connectivity index (χ1v) is 19.0. The van der Waals surface area contributed by atoms with Gasteiger partial charge in [-0.25, -0.2) is 0 Å². The van der Waals surface area contributed by atoms with E-state index in [1.165, 1.54) is 82.0 Å². The second-order valence-electron chi connectivity index (χ2n) is 13.1. The van der Waals surface area contributed by atoms with Gasteiger partial charge in [0.25, 0.3) is 0 Å². The molecule has 0 unspecified atom stereocenters. The molecular weight excluding hydrogens is 673 g/mol. The van der Waals surface area contributed by atoms with Crippen LogP contribution in [0.5, 0.6) is 0 Å². The van der Waals surface area contributed by atoms with Crippen molar-refractivity contribution in [2.75, 3.05) is 0 Å². The van der Waals surface area contributed by atoms with Crippen LogP contribution in [0.3, 0.4) is 0 Å². The van der Waals surface area contributed by atoms with Gasteiger partial charge in [-0.3, -0.25) is 0 Å².